The second-order valence-corrected chi connectivity index (χ2v) is 7.53. The van der Waals surface area contributed by atoms with E-state index in [9.17, 15) is 4.79 Å². The van der Waals surface area contributed by atoms with Crippen LogP contribution in [-0.2, 0) is 11.2 Å². The summed E-state index contributed by atoms with van der Waals surface area (Å²) in [5.41, 5.74) is 3.21. The molecule has 27 heavy (non-hydrogen) atoms. The Hall–Kier alpha value is -2.60. The van der Waals surface area contributed by atoms with Gasteiger partial charge in [0.15, 0.2) is 0 Å². The first-order valence-corrected chi connectivity index (χ1v) is 9.90. The van der Waals surface area contributed by atoms with E-state index in [1.807, 2.05) is 48.9 Å². The molecule has 0 aliphatic heterocycles. The molecule has 0 aliphatic rings. The summed E-state index contributed by atoms with van der Waals surface area (Å²) in [6.07, 6.45) is 1.17. The molecule has 0 saturated heterocycles. The molecule has 2 heterocycles. The Labute approximate surface area is 164 Å². The first-order valence-electron chi connectivity index (χ1n) is 9.02. The zero-order chi connectivity index (χ0) is 19.2. The van der Waals surface area contributed by atoms with Gasteiger partial charge in [0.2, 0.25) is 5.91 Å². The van der Waals surface area contributed by atoms with Gasteiger partial charge in [0.05, 0.1) is 12.8 Å². The maximum atomic E-state index is 12.4. The predicted molar refractivity (Wildman–Crippen MR) is 108 cm³/mol. The van der Waals surface area contributed by atoms with E-state index in [0.29, 0.717) is 19.4 Å². The Balaban J connectivity index is 1.59. The number of benzene rings is 1. The molecule has 0 spiro atoms. The summed E-state index contributed by atoms with van der Waals surface area (Å²) >= 11 is 1.69. The van der Waals surface area contributed by atoms with E-state index in [0.717, 1.165) is 22.7 Å². The van der Waals surface area contributed by atoms with E-state index >= 15 is 0 Å². The number of nitrogens with one attached hydrogen (secondary N) is 1. The van der Waals surface area contributed by atoms with Gasteiger partial charge in [0.1, 0.15) is 11.8 Å². The van der Waals surface area contributed by atoms with Crippen LogP contribution in [0.15, 0.2) is 47.8 Å². The van der Waals surface area contributed by atoms with Crippen molar-refractivity contribution in [2.45, 2.75) is 32.7 Å². The molecule has 1 aromatic carbocycles. The zero-order valence-electron chi connectivity index (χ0n) is 15.9. The van der Waals surface area contributed by atoms with Crippen LogP contribution in [0.25, 0.3) is 0 Å². The van der Waals surface area contributed by atoms with Crippen LogP contribution in [-0.4, -0.2) is 29.3 Å². The van der Waals surface area contributed by atoms with Crippen LogP contribution in [0.4, 0.5) is 0 Å². The monoisotopic (exact) mass is 383 g/mol. The molecule has 0 saturated carbocycles. The van der Waals surface area contributed by atoms with Crippen molar-refractivity contribution in [3.63, 3.8) is 0 Å². The molecule has 142 valence electrons. The Bertz CT molecular complexity index is 869. The molecular formula is C21H25N3O2S. The van der Waals surface area contributed by atoms with Gasteiger partial charge < -0.3 is 10.1 Å². The van der Waals surface area contributed by atoms with Crippen LogP contribution in [0.2, 0.25) is 0 Å². The smallest absolute Gasteiger partial charge is 0.220 e. The van der Waals surface area contributed by atoms with Gasteiger partial charge in [-0.1, -0.05) is 18.2 Å². The number of rotatable bonds is 8. The van der Waals surface area contributed by atoms with Gasteiger partial charge in [-0.05, 0) is 55.5 Å². The number of thiophene rings is 1. The summed E-state index contributed by atoms with van der Waals surface area (Å²) in [6.45, 7) is 4.57. The lowest BCUT2D eigenvalue weighted by Crippen LogP contribution is -2.32. The summed E-state index contributed by atoms with van der Waals surface area (Å²) in [4.78, 5) is 13.6. The number of amides is 1. The Morgan fingerprint density at radius 2 is 2.04 bits per heavy atom. The SMILES string of the molecule is COc1ccc(CCC(=O)NCC(c2cccs2)n2nc(C)cc2C)cc1. The highest BCUT2D eigenvalue weighted by atomic mass is 32.1. The van der Waals surface area contributed by atoms with E-state index in [4.69, 9.17) is 4.74 Å². The lowest BCUT2D eigenvalue weighted by Gasteiger charge is -2.19. The quantitative estimate of drug-likeness (QED) is 0.642. The van der Waals surface area contributed by atoms with Crippen LogP contribution in [0, 0.1) is 13.8 Å². The fraction of sp³-hybridized carbons (Fsp3) is 0.333. The van der Waals surface area contributed by atoms with E-state index in [1.165, 1.54) is 4.88 Å². The minimum Gasteiger partial charge on any atom is -0.497 e. The van der Waals surface area contributed by atoms with Crippen molar-refractivity contribution in [3.05, 3.63) is 69.7 Å². The molecule has 1 unspecified atom stereocenters. The van der Waals surface area contributed by atoms with E-state index in [1.54, 1.807) is 18.4 Å². The van der Waals surface area contributed by atoms with Gasteiger partial charge in [-0.15, -0.1) is 11.3 Å². The molecule has 1 atom stereocenters. The van der Waals surface area contributed by atoms with Crippen LogP contribution >= 0.6 is 11.3 Å². The van der Waals surface area contributed by atoms with Crippen molar-refractivity contribution in [1.29, 1.82) is 0 Å². The highest BCUT2D eigenvalue weighted by molar-refractivity contribution is 7.10. The largest absolute Gasteiger partial charge is 0.497 e. The maximum absolute atomic E-state index is 12.4. The number of hydrogen-bond acceptors (Lipinski definition) is 4. The highest BCUT2D eigenvalue weighted by Crippen LogP contribution is 2.24. The number of aryl methyl sites for hydroxylation is 3. The Morgan fingerprint density at radius 3 is 2.63 bits per heavy atom. The first kappa shape index (κ1) is 19.2. The summed E-state index contributed by atoms with van der Waals surface area (Å²) in [5.74, 6) is 0.876. The number of aromatic nitrogens is 2. The number of ether oxygens (including phenoxy) is 1. The third-order valence-corrected chi connectivity index (χ3v) is 5.48. The number of carbonyl (C=O) groups is 1. The molecule has 1 amide bonds. The molecule has 6 heteroatoms. The molecular weight excluding hydrogens is 358 g/mol. The Kier molecular flexibility index (Phi) is 6.29. The molecule has 0 fully saturated rings. The highest BCUT2D eigenvalue weighted by Gasteiger charge is 2.19. The van der Waals surface area contributed by atoms with E-state index in [2.05, 4.69) is 27.9 Å². The molecule has 0 radical (unpaired) electrons. The maximum Gasteiger partial charge on any atom is 0.220 e. The Morgan fingerprint density at radius 1 is 1.26 bits per heavy atom. The lowest BCUT2D eigenvalue weighted by atomic mass is 10.1. The summed E-state index contributed by atoms with van der Waals surface area (Å²) in [6, 6.07) is 14.0. The van der Waals surface area contributed by atoms with E-state index < -0.39 is 0 Å². The molecule has 2 aromatic heterocycles. The van der Waals surface area contributed by atoms with Crippen LogP contribution in [0.1, 0.15) is 34.3 Å². The topological polar surface area (TPSA) is 56.1 Å². The third kappa shape index (κ3) is 4.98. The number of nitrogens with zero attached hydrogens (tertiary/aromatic N) is 2. The molecule has 0 bridgehead atoms. The van der Waals surface area contributed by atoms with Crippen molar-refractivity contribution in [1.82, 2.24) is 15.1 Å². The third-order valence-electron chi connectivity index (χ3n) is 4.50. The van der Waals surface area contributed by atoms with Gasteiger partial charge in [-0.25, -0.2) is 0 Å². The van der Waals surface area contributed by atoms with Gasteiger partial charge in [-0.3, -0.25) is 9.48 Å². The van der Waals surface area contributed by atoms with Crippen LogP contribution < -0.4 is 10.1 Å². The van der Waals surface area contributed by atoms with E-state index in [-0.39, 0.29) is 11.9 Å². The summed E-state index contributed by atoms with van der Waals surface area (Å²) in [5, 5.41) is 9.75. The minimum absolute atomic E-state index is 0.0173. The lowest BCUT2D eigenvalue weighted by molar-refractivity contribution is -0.121. The number of hydrogen-bond donors (Lipinski definition) is 1. The molecule has 5 nitrogen and oxygen atoms in total. The van der Waals surface area contributed by atoms with Crippen molar-refractivity contribution in [3.8, 4) is 5.75 Å². The van der Waals surface area contributed by atoms with Crippen molar-refractivity contribution in [2.24, 2.45) is 0 Å². The molecule has 3 aromatic rings. The zero-order valence-corrected chi connectivity index (χ0v) is 16.8. The fourth-order valence-corrected chi connectivity index (χ4v) is 3.91. The van der Waals surface area contributed by atoms with Crippen molar-refractivity contribution < 1.29 is 9.53 Å². The molecule has 3 rings (SSSR count). The van der Waals surface area contributed by atoms with Crippen LogP contribution in [0.5, 0.6) is 5.75 Å². The van der Waals surface area contributed by atoms with Crippen molar-refractivity contribution in [2.75, 3.05) is 13.7 Å². The number of carbonyl (C=O) groups excluding carboxylic acids is 1. The summed E-state index contributed by atoms with van der Waals surface area (Å²) < 4.78 is 7.17. The minimum atomic E-state index is 0.0173. The second kappa shape index (κ2) is 8.86. The number of methoxy groups -OCH3 is 1. The standard InChI is InChI=1S/C21H25N3O2S/c1-15-13-16(2)24(23-15)19(20-5-4-12-27-20)14-22-21(25)11-8-17-6-9-18(26-3)10-7-17/h4-7,9-10,12-13,19H,8,11,14H2,1-3H3,(H,22,25). The average Bonchev–Trinajstić information content (AvgIpc) is 3.31. The van der Waals surface area contributed by atoms with Gasteiger partial charge >= 0.3 is 0 Å². The van der Waals surface area contributed by atoms with Crippen LogP contribution in [0.3, 0.4) is 0 Å². The van der Waals surface area contributed by atoms with Gasteiger partial charge in [0, 0.05) is 23.5 Å². The fourth-order valence-electron chi connectivity index (χ4n) is 3.10. The first-order chi connectivity index (χ1) is 13.1. The predicted octanol–water partition coefficient (Wildman–Crippen LogP) is 3.91. The molecule has 1 N–H and O–H groups in total. The summed E-state index contributed by atoms with van der Waals surface area (Å²) in [7, 11) is 1.65. The normalized spacial score (nSPS) is 12.0. The second-order valence-electron chi connectivity index (χ2n) is 6.56. The van der Waals surface area contributed by atoms with Gasteiger partial charge in [0.25, 0.3) is 0 Å². The van der Waals surface area contributed by atoms with Crippen molar-refractivity contribution >= 4 is 17.2 Å². The van der Waals surface area contributed by atoms with Gasteiger partial charge in [-0.2, -0.15) is 5.10 Å². The average molecular weight is 384 g/mol. The molecule has 0 aliphatic carbocycles.